The van der Waals surface area contributed by atoms with Crippen LogP contribution in [0.2, 0.25) is 5.02 Å². The first-order valence-corrected chi connectivity index (χ1v) is 10.2. The first-order valence-electron chi connectivity index (χ1n) is 9.77. The van der Waals surface area contributed by atoms with Gasteiger partial charge in [-0.2, -0.15) is 0 Å². The second-order valence-corrected chi connectivity index (χ2v) is 7.66. The van der Waals surface area contributed by atoms with Gasteiger partial charge < -0.3 is 15.7 Å². The molecular formula is C24H22ClN3O4. The fourth-order valence-electron chi connectivity index (χ4n) is 2.97. The predicted octanol–water partition coefficient (Wildman–Crippen LogP) is 5.33. The lowest BCUT2D eigenvalue weighted by molar-refractivity contribution is -0.114. The lowest BCUT2D eigenvalue weighted by Gasteiger charge is -2.23. The first-order chi connectivity index (χ1) is 15.2. The predicted molar refractivity (Wildman–Crippen MR) is 126 cm³/mol. The van der Waals surface area contributed by atoms with E-state index in [4.69, 9.17) is 16.7 Å². The minimum Gasteiger partial charge on any atom is -0.478 e. The van der Waals surface area contributed by atoms with E-state index in [1.807, 2.05) is 26.0 Å². The zero-order valence-electron chi connectivity index (χ0n) is 17.6. The molecule has 3 amide bonds. The summed E-state index contributed by atoms with van der Waals surface area (Å²) in [6.07, 6.45) is 0. The third kappa shape index (κ3) is 5.86. The van der Waals surface area contributed by atoms with Crippen molar-refractivity contribution in [3.05, 3.63) is 88.4 Å². The zero-order valence-corrected chi connectivity index (χ0v) is 18.3. The molecule has 0 heterocycles. The Morgan fingerprint density at radius 2 is 1.59 bits per heavy atom. The van der Waals surface area contributed by atoms with Crippen LogP contribution in [0.3, 0.4) is 0 Å². The summed E-state index contributed by atoms with van der Waals surface area (Å²) in [5.41, 5.74) is 3.64. The maximum atomic E-state index is 13.1. The van der Waals surface area contributed by atoms with Gasteiger partial charge in [-0.3, -0.25) is 9.69 Å². The number of halogens is 1. The van der Waals surface area contributed by atoms with Gasteiger partial charge in [0, 0.05) is 22.1 Å². The molecule has 3 rings (SSSR count). The minimum atomic E-state index is -1.05. The Labute approximate surface area is 190 Å². The summed E-state index contributed by atoms with van der Waals surface area (Å²) >= 11 is 6.00. The molecule has 0 unspecified atom stereocenters. The molecule has 0 aliphatic heterocycles. The molecule has 0 aliphatic rings. The molecule has 0 spiro atoms. The Hall–Kier alpha value is -3.84. The van der Waals surface area contributed by atoms with E-state index in [0.29, 0.717) is 22.1 Å². The molecule has 0 atom stereocenters. The first kappa shape index (κ1) is 22.8. The van der Waals surface area contributed by atoms with E-state index in [9.17, 15) is 14.4 Å². The summed E-state index contributed by atoms with van der Waals surface area (Å²) in [4.78, 5) is 38.1. The Balaban J connectivity index is 1.81. The number of urea groups is 1. The van der Waals surface area contributed by atoms with Gasteiger partial charge in [0.25, 0.3) is 0 Å². The summed E-state index contributed by atoms with van der Waals surface area (Å²) in [7, 11) is 0. The highest BCUT2D eigenvalue weighted by Crippen LogP contribution is 2.22. The van der Waals surface area contributed by atoms with Gasteiger partial charge in [0.15, 0.2) is 0 Å². The quantitative estimate of drug-likeness (QED) is 0.471. The van der Waals surface area contributed by atoms with Crippen LogP contribution in [-0.4, -0.2) is 29.6 Å². The summed E-state index contributed by atoms with van der Waals surface area (Å²) in [5.74, 6) is -1.49. The van der Waals surface area contributed by atoms with Crippen LogP contribution in [0.15, 0.2) is 66.7 Å². The number of carboxylic acids is 1. The number of carbonyl (C=O) groups is 3. The molecule has 0 radical (unpaired) electrons. The van der Waals surface area contributed by atoms with Crippen LogP contribution in [0.4, 0.5) is 21.9 Å². The lowest BCUT2D eigenvalue weighted by Crippen LogP contribution is -2.40. The number of hydrogen-bond acceptors (Lipinski definition) is 3. The lowest BCUT2D eigenvalue weighted by atomic mass is 10.1. The normalized spacial score (nSPS) is 10.3. The van der Waals surface area contributed by atoms with Crippen molar-refractivity contribution in [1.82, 2.24) is 0 Å². The van der Waals surface area contributed by atoms with Crippen LogP contribution in [0, 0.1) is 13.8 Å². The summed E-state index contributed by atoms with van der Waals surface area (Å²) in [5, 5.41) is 14.9. The molecule has 0 bridgehead atoms. The molecule has 0 aliphatic carbocycles. The molecule has 0 saturated carbocycles. The van der Waals surface area contributed by atoms with Crippen LogP contribution in [-0.2, 0) is 4.79 Å². The number of carboxylic acid groups (broad SMARTS) is 1. The van der Waals surface area contributed by atoms with E-state index in [1.165, 1.54) is 29.2 Å². The number of aryl methyl sites for hydroxylation is 2. The number of anilines is 3. The fraction of sp³-hybridized carbons (Fsp3) is 0.125. The summed E-state index contributed by atoms with van der Waals surface area (Å²) in [6.45, 7) is 3.63. The van der Waals surface area contributed by atoms with Crippen molar-refractivity contribution in [1.29, 1.82) is 0 Å². The van der Waals surface area contributed by atoms with Crippen molar-refractivity contribution >= 4 is 46.6 Å². The van der Waals surface area contributed by atoms with Crippen molar-refractivity contribution in [2.45, 2.75) is 13.8 Å². The average molecular weight is 452 g/mol. The SMILES string of the molecule is Cc1ccc(N(CC(=O)Nc2ccc(C(=O)O)cc2)C(=O)Nc2cccc(Cl)c2)cc1C. The van der Waals surface area contributed by atoms with Gasteiger partial charge in [-0.15, -0.1) is 0 Å². The molecule has 3 N–H and O–H groups in total. The van der Waals surface area contributed by atoms with Gasteiger partial charge in [-0.1, -0.05) is 23.7 Å². The van der Waals surface area contributed by atoms with Gasteiger partial charge in [-0.25, -0.2) is 9.59 Å². The molecule has 0 saturated heterocycles. The van der Waals surface area contributed by atoms with Crippen molar-refractivity contribution in [3.63, 3.8) is 0 Å². The number of carbonyl (C=O) groups excluding carboxylic acids is 2. The number of nitrogens with one attached hydrogen (secondary N) is 2. The highest BCUT2D eigenvalue weighted by atomic mass is 35.5. The van der Waals surface area contributed by atoms with E-state index in [2.05, 4.69) is 10.6 Å². The van der Waals surface area contributed by atoms with E-state index in [-0.39, 0.29) is 12.1 Å². The number of amides is 3. The maximum Gasteiger partial charge on any atom is 0.335 e. The zero-order chi connectivity index (χ0) is 23.3. The van der Waals surface area contributed by atoms with Crippen LogP contribution in [0.25, 0.3) is 0 Å². The van der Waals surface area contributed by atoms with E-state index in [1.54, 1.807) is 30.3 Å². The van der Waals surface area contributed by atoms with Crippen LogP contribution in [0.5, 0.6) is 0 Å². The van der Waals surface area contributed by atoms with Crippen LogP contribution in [0.1, 0.15) is 21.5 Å². The molecule has 7 nitrogen and oxygen atoms in total. The number of nitrogens with zero attached hydrogens (tertiary/aromatic N) is 1. The molecule has 0 aromatic heterocycles. The largest absolute Gasteiger partial charge is 0.478 e. The Kier molecular flexibility index (Phi) is 7.12. The highest BCUT2D eigenvalue weighted by Gasteiger charge is 2.20. The van der Waals surface area contributed by atoms with Crippen molar-refractivity contribution in [3.8, 4) is 0 Å². The third-order valence-electron chi connectivity index (χ3n) is 4.84. The van der Waals surface area contributed by atoms with E-state index in [0.717, 1.165) is 11.1 Å². The number of aromatic carboxylic acids is 1. The molecular weight excluding hydrogens is 430 g/mol. The van der Waals surface area contributed by atoms with Gasteiger partial charge in [-0.05, 0) is 79.6 Å². The molecule has 8 heteroatoms. The molecule has 164 valence electrons. The fourth-order valence-corrected chi connectivity index (χ4v) is 3.16. The summed E-state index contributed by atoms with van der Waals surface area (Å²) < 4.78 is 0. The smallest absolute Gasteiger partial charge is 0.335 e. The maximum absolute atomic E-state index is 13.1. The average Bonchev–Trinajstić information content (AvgIpc) is 2.74. The van der Waals surface area contributed by atoms with Gasteiger partial charge in [0.1, 0.15) is 6.54 Å². The summed E-state index contributed by atoms with van der Waals surface area (Å²) in [6, 6.07) is 17.5. The monoisotopic (exact) mass is 451 g/mol. The van der Waals surface area contributed by atoms with Crippen molar-refractivity contribution < 1.29 is 19.5 Å². The van der Waals surface area contributed by atoms with Crippen LogP contribution >= 0.6 is 11.6 Å². The van der Waals surface area contributed by atoms with Crippen molar-refractivity contribution in [2.24, 2.45) is 0 Å². The van der Waals surface area contributed by atoms with Gasteiger partial charge >= 0.3 is 12.0 Å². The standard InChI is InChI=1S/C24H22ClN3O4/c1-15-6-11-21(12-16(15)2)28(24(32)27-20-5-3-4-18(25)13-20)14-22(29)26-19-9-7-17(8-10-19)23(30)31/h3-13H,14H2,1-2H3,(H,26,29)(H,27,32)(H,30,31). The van der Waals surface area contributed by atoms with Gasteiger partial charge in [0.05, 0.1) is 5.56 Å². The second-order valence-electron chi connectivity index (χ2n) is 7.23. The van der Waals surface area contributed by atoms with Gasteiger partial charge in [0.2, 0.25) is 5.91 Å². The Morgan fingerprint density at radius 3 is 2.22 bits per heavy atom. The van der Waals surface area contributed by atoms with Crippen molar-refractivity contribution in [2.75, 3.05) is 22.1 Å². The molecule has 0 fully saturated rings. The minimum absolute atomic E-state index is 0.112. The molecule has 3 aromatic rings. The highest BCUT2D eigenvalue weighted by molar-refractivity contribution is 6.31. The Bertz CT molecular complexity index is 1160. The van der Waals surface area contributed by atoms with E-state index >= 15 is 0 Å². The Morgan fingerprint density at radius 1 is 0.875 bits per heavy atom. The number of rotatable bonds is 6. The number of hydrogen-bond donors (Lipinski definition) is 3. The molecule has 3 aromatic carbocycles. The van der Waals surface area contributed by atoms with Crippen LogP contribution < -0.4 is 15.5 Å². The second kappa shape index (κ2) is 9.98. The number of benzene rings is 3. The topological polar surface area (TPSA) is 98.7 Å². The van der Waals surface area contributed by atoms with E-state index < -0.39 is 17.9 Å². The molecule has 32 heavy (non-hydrogen) atoms. The third-order valence-corrected chi connectivity index (χ3v) is 5.08.